The minimum atomic E-state index is -0.187. The van der Waals surface area contributed by atoms with E-state index in [0.29, 0.717) is 35.6 Å². The number of aromatic amines is 1. The SMILES string of the molecule is CC(C)c1ccccc1-c1ncc2[nH]c(=O)n(Cc3ccc(OC4CCC4)cc3)c2n1. The molecule has 1 fully saturated rings. The van der Waals surface area contributed by atoms with Crippen LogP contribution in [-0.4, -0.2) is 25.6 Å². The standard InChI is InChI=1S/C25H26N4O2/c1-16(2)20-8-3-4-9-21(20)23-26-14-22-24(28-23)29(25(30)27-22)15-17-10-12-19(13-11-17)31-18-6-5-7-18/h3-4,8-14,16,18H,5-7,15H2,1-2H3,(H,27,30). The van der Waals surface area contributed by atoms with Crippen LogP contribution in [0.5, 0.6) is 5.75 Å². The molecule has 1 N–H and O–H groups in total. The number of benzene rings is 2. The number of nitrogens with zero attached hydrogens (tertiary/aromatic N) is 3. The molecule has 2 aromatic heterocycles. The van der Waals surface area contributed by atoms with E-state index in [2.05, 4.69) is 29.9 Å². The number of ether oxygens (including phenoxy) is 1. The minimum Gasteiger partial charge on any atom is -0.490 e. The lowest BCUT2D eigenvalue weighted by Crippen LogP contribution is -2.24. The van der Waals surface area contributed by atoms with E-state index in [1.165, 1.54) is 12.0 Å². The number of imidazole rings is 1. The highest BCUT2D eigenvalue weighted by Gasteiger charge is 2.19. The quantitative estimate of drug-likeness (QED) is 0.488. The topological polar surface area (TPSA) is 72.8 Å². The van der Waals surface area contributed by atoms with Gasteiger partial charge in [-0.2, -0.15) is 0 Å². The zero-order valence-corrected chi connectivity index (χ0v) is 17.8. The molecule has 31 heavy (non-hydrogen) atoms. The zero-order valence-electron chi connectivity index (χ0n) is 17.8. The molecule has 1 aliphatic rings. The molecule has 2 aromatic carbocycles. The van der Waals surface area contributed by atoms with Gasteiger partial charge in [0.15, 0.2) is 11.5 Å². The Morgan fingerprint density at radius 3 is 2.61 bits per heavy atom. The Morgan fingerprint density at radius 1 is 1.13 bits per heavy atom. The molecular weight excluding hydrogens is 388 g/mol. The Morgan fingerprint density at radius 2 is 1.90 bits per heavy atom. The average Bonchev–Trinajstić information content (AvgIpc) is 3.06. The molecule has 0 radical (unpaired) electrons. The lowest BCUT2D eigenvalue weighted by molar-refractivity contribution is 0.120. The van der Waals surface area contributed by atoms with E-state index in [1.807, 2.05) is 42.5 Å². The van der Waals surface area contributed by atoms with E-state index in [4.69, 9.17) is 9.72 Å². The van der Waals surface area contributed by atoms with E-state index in [0.717, 1.165) is 29.7 Å². The number of hydrogen-bond donors (Lipinski definition) is 1. The molecule has 0 spiro atoms. The number of hydrogen-bond acceptors (Lipinski definition) is 4. The van der Waals surface area contributed by atoms with Crippen LogP contribution in [0.1, 0.15) is 50.2 Å². The van der Waals surface area contributed by atoms with Gasteiger partial charge in [0.25, 0.3) is 0 Å². The molecule has 6 nitrogen and oxygen atoms in total. The monoisotopic (exact) mass is 414 g/mol. The Bertz CT molecular complexity index is 1270. The summed E-state index contributed by atoms with van der Waals surface area (Å²) in [7, 11) is 0. The van der Waals surface area contributed by atoms with Gasteiger partial charge < -0.3 is 9.72 Å². The van der Waals surface area contributed by atoms with Crippen LogP contribution in [-0.2, 0) is 6.54 Å². The zero-order chi connectivity index (χ0) is 21.4. The summed E-state index contributed by atoms with van der Waals surface area (Å²) in [6, 6.07) is 16.1. The number of fused-ring (bicyclic) bond motifs is 1. The Labute approximate surface area is 180 Å². The van der Waals surface area contributed by atoms with Crippen LogP contribution in [0.3, 0.4) is 0 Å². The summed E-state index contributed by atoms with van der Waals surface area (Å²) < 4.78 is 7.60. The van der Waals surface area contributed by atoms with Crippen LogP contribution in [0.2, 0.25) is 0 Å². The summed E-state index contributed by atoms with van der Waals surface area (Å²) in [5.74, 6) is 1.87. The van der Waals surface area contributed by atoms with E-state index < -0.39 is 0 Å². The van der Waals surface area contributed by atoms with Gasteiger partial charge in [-0.3, -0.25) is 4.57 Å². The highest BCUT2D eigenvalue weighted by atomic mass is 16.5. The first-order valence-electron chi connectivity index (χ1n) is 10.9. The van der Waals surface area contributed by atoms with Gasteiger partial charge in [-0.25, -0.2) is 14.8 Å². The highest BCUT2D eigenvalue weighted by Crippen LogP contribution is 2.28. The van der Waals surface area contributed by atoms with E-state index in [1.54, 1.807) is 10.8 Å². The number of H-pyrrole nitrogens is 1. The first kappa shape index (κ1) is 19.5. The number of aromatic nitrogens is 4. The van der Waals surface area contributed by atoms with Crippen molar-refractivity contribution < 1.29 is 4.74 Å². The van der Waals surface area contributed by atoms with Crippen LogP contribution in [0.15, 0.2) is 59.5 Å². The average molecular weight is 415 g/mol. The molecule has 1 saturated carbocycles. The fraction of sp³-hybridized carbons (Fsp3) is 0.320. The first-order chi connectivity index (χ1) is 15.1. The summed E-state index contributed by atoms with van der Waals surface area (Å²) in [4.78, 5) is 24.8. The fourth-order valence-corrected chi connectivity index (χ4v) is 3.96. The molecule has 0 amide bonds. The fourth-order valence-electron chi connectivity index (χ4n) is 3.96. The second kappa shape index (κ2) is 8.02. The number of rotatable bonds is 6. The molecule has 0 saturated heterocycles. The van der Waals surface area contributed by atoms with Gasteiger partial charge >= 0.3 is 5.69 Å². The Balaban J connectivity index is 1.47. The Kier molecular flexibility index (Phi) is 5.06. The van der Waals surface area contributed by atoms with Crippen molar-refractivity contribution in [2.24, 2.45) is 0 Å². The van der Waals surface area contributed by atoms with Crippen LogP contribution < -0.4 is 10.4 Å². The van der Waals surface area contributed by atoms with Crippen molar-refractivity contribution in [2.75, 3.05) is 0 Å². The largest absolute Gasteiger partial charge is 0.490 e. The predicted molar refractivity (Wildman–Crippen MR) is 121 cm³/mol. The number of nitrogens with one attached hydrogen (secondary N) is 1. The molecular formula is C25H26N4O2. The van der Waals surface area contributed by atoms with Crippen molar-refractivity contribution in [2.45, 2.75) is 51.7 Å². The van der Waals surface area contributed by atoms with Gasteiger partial charge in [-0.05, 0) is 48.4 Å². The first-order valence-corrected chi connectivity index (χ1v) is 10.9. The third-order valence-electron chi connectivity index (χ3n) is 5.95. The van der Waals surface area contributed by atoms with Gasteiger partial charge in [0.2, 0.25) is 0 Å². The van der Waals surface area contributed by atoms with E-state index in [-0.39, 0.29) is 5.69 Å². The molecule has 158 valence electrons. The maximum Gasteiger partial charge on any atom is 0.328 e. The molecule has 5 rings (SSSR count). The molecule has 0 atom stereocenters. The van der Waals surface area contributed by atoms with Crippen LogP contribution in [0.4, 0.5) is 0 Å². The van der Waals surface area contributed by atoms with Gasteiger partial charge in [-0.15, -0.1) is 0 Å². The smallest absolute Gasteiger partial charge is 0.328 e. The maximum atomic E-state index is 12.6. The van der Waals surface area contributed by atoms with E-state index in [9.17, 15) is 4.79 Å². The van der Waals surface area contributed by atoms with Crippen molar-refractivity contribution in [1.82, 2.24) is 19.5 Å². The molecule has 2 heterocycles. The van der Waals surface area contributed by atoms with Gasteiger partial charge in [-0.1, -0.05) is 50.2 Å². The summed E-state index contributed by atoms with van der Waals surface area (Å²) in [5, 5.41) is 0. The van der Waals surface area contributed by atoms with Crippen LogP contribution in [0.25, 0.3) is 22.6 Å². The predicted octanol–water partition coefficient (Wildman–Crippen LogP) is 4.89. The minimum absolute atomic E-state index is 0.187. The van der Waals surface area contributed by atoms with Gasteiger partial charge in [0.1, 0.15) is 11.3 Å². The molecule has 1 aliphatic carbocycles. The lowest BCUT2D eigenvalue weighted by atomic mass is 9.96. The Hall–Kier alpha value is -3.41. The molecule has 6 heteroatoms. The van der Waals surface area contributed by atoms with Crippen molar-refractivity contribution in [1.29, 1.82) is 0 Å². The van der Waals surface area contributed by atoms with Crippen molar-refractivity contribution in [3.05, 3.63) is 76.3 Å². The second-order valence-electron chi connectivity index (χ2n) is 8.50. The van der Waals surface area contributed by atoms with Crippen molar-refractivity contribution >= 4 is 11.2 Å². The summed E-state index contributed by atoms with van der Waals surface area (Å²) >= 11 is 0. The van der Waals surface area contributed by atoms with Crippen LogP contribution in [0, 0.1) is 0 Å². The van der Waals surface area contributed by atoms with Crippen molar-refractivity contribution in [3.8, 4) is 17.1 Å². The lowest BCUT2D eigenvalue weighted by Gasteiger charge is -2.26. The van der Waals surface area contributed by atoms with Crippen molar-refractivity contribution in [3.63, 3.8) is 0 Å². The molecule has 0 aliphatic heterocycles. The second-order valence-corrected chi connectivity index (χ2v) is 8.50. The maximum absolute atomic E-state index is 12.6. The van der Waals surface area contributed by atoms with E-state index >= 15 is 0 Å². The molecule has 0 unspecified atom stereocenters. The summed E-state index contributed by atoms with van der Waals surface area (Å²) in [6.07, 6.45) is 5.56. The summed E-state index contributed by atoms with van der Waals surface area (Å²) in [6.45, 7) is 4.74. The third kappa shape index (κ3) is 3.85. The molecule has 0 bridgehead atoms. The third-order valence-corrected chi connectivity index (χ3v) is 5.95. The highest BCUT2D eigenvalue weighted by molar-refractivity contribution is 5.73. The molecule has 4 aromatic rings. The van der Waals surface area contributed by atoms with Gasteiger partial charge in [0.05, 0.1) is 18.8 Å². The normalized spacial score (nSPS) is 14.2. The summed E-state index contributed by atoms with van der Waals surface area (Å²) in [5.41, 5.74) is 4.27. The van der Waals surface area contributed by atoms with Gasteiger partial charge in [0, 0.05) is 5.56 Å². The van der Waals surface area contributed by atoms with Crippen LogP contribution >= 0.6 is 0 Å².